The normalized spacial score (nSPS) is 12.6. The fraction of sp³-hybridized carbons (Fsp3) is 0.471. The van der Waals surface area contributed by atoms with Crippen LogP contribution in [0.15, 0.2) is 30.5 Å². The predicted octanol–water partition coefficient (Wildman–Crippen LogP) is 4.27. The highest BCUT2D eigenvalue weighted by Gasteiger charge is 2.12. The van der Waals surface area contributed by atoms with Crippen LogP contribution in [-0.2, 0) is 20.0 Å². The fourth-order valence-electron chi connectivity index (χ4n) is 2.63. The first-order valence-corrected chi connectivity index (χ1v) is 8.02. The van der Waals surface area contributed by atoms with Crippen LogP contribution in [-0.4, -0.2) is 9.78 Å². The third kappa shape index (κ3) is 4.32. The zero-order chi connectivity index (χ0) is 15.2. The summed E-state index contributed by atoms with van der Waals surface area (Å²) in [4.78, 5) is 0. The molecule has 1 N–H and O–H groups in total. The van der Waals surface area contributed by atoms with Crippen LogP contribution in [0, 0.1) is 0 Å². The number of aryl methyl sites for hydroxylation is 2. The van der Waals surface area contributed by atoms with E-state index >= 15 is 0 Å². The molecule has 0 amide bonds. The first-order chi connectivity index (χ1) is 10.1. The van der Waals surface area contributed by atoms with Crippen molar-refractivity contribution >= 4 is 11.6 Å². The zero-order valence-corrected chi connectivity index (χ0v) is 13.8. The van der Waals surface area contributed by atoms with Crippen molar-refractivity contribution < 1.29 is 0 Å². The highest BCUT2D eigenvalue weighted by molar-refractivity contribution is 6.30. The van der Waals surface area contributed by atoms with Crippen molar-refractivity contribution in [3.05, 3.63) is 52.3 Å². The zero-order valence-electron chi connectivity index (χ0n) is 13.1. The Morgan fingerprint density at radius 2 is 1.95 bits per heavy atom. The highest BCUT2D eigenvalue weighted by atomic mass is 35.5. The first kappa shape index (κ1) is 16.1. The molecule has 1 unspecified atom stereocenters. The van der Waals surface area contributed by atoms with Gasteiger partial charge < -0.3 is 5.32 Å². The third-order valence-electron chi connectivity index (χ3n) is 3.72. The number of benzene rings is 1. The fourth-order valence-corrected chi connectivity index (χ4v) is 2.76. The van der Waals surface area contributed by atoms with Gasteiger partial charge in [0, 0.05) is 36.4 Å². The summed E-state index contributed by atoms with van der Waals surface area (Å²) in [7, 11) is 1.98. The largest absolute Gasteiger partial charge is 0.306 e. The number of aromatic nitrogens is 2. The SMILES string of the molecule is CCCC(NCc1cn(C)nc1CC)c1ccc(Cl)cc1. The van der Waals surface area contributed by atoms with Gasteiger partial charge in [0.15, 0.2) is 0 Å². The van der Waals surface area contributed by atoms with E-state index in [1.165, 1.54) is 16.8 Å². The lowest BCUT2D eigenvalue weighted by atomic mass is 10.0. The lowest BCUT2D eigenvalue weighted by molar-refractivity contribution is 0.492. The van der Waals surface area contributed by atoms with Crippen LogP contribution >= 0.6 is 11.6 Å². The van der Waals surface area contributed by atoms with E-state index in [1.54, 1.807) is 0 Å². The van der Waals surface area contributed by atoms with Gasteiger partial charge in [-0.05, 0) is 30.5 Å². The van der Waals surface area contributed by atoms with E-state index < -0.39 is 0 Å². The smallest absolute Gasteiger partial charge is 0.0666 e. The van der Waals surface area contributed by atoms with E-state index in [0.29, 0.717) is 6.04 Å². The lowest BCUT2D eigenvalue weighted by Gasteiger charge is -2.18. The molecule has 0 aliphatic rings. The van der Waals surface area contributed by atoms with Gasteiger partial charge >= 0.3 is 0 Å². The van der Waals surface area contributed by atoms with E-state index in [1.807, 2.05) is 23.9 Å². The molecule has 1 atom stereocenters. The van der Waals surface area contributed by atoms with Gasteiger partial charge in [-0.1, -0.05) is 44.0 Å². The summed E-state index contributed by atoms with van der Waals surface area (Å²) in [5, 5.41) is 8.95. The van der Waals surface area contributed by atoms with Gasteiger partial charge in [0.25, 0.3) is 0 Å². The molecular weight excluding hydrogens is 282 g/mol. The van der Waals surface area contributed by atoms with Gasteiger partial charge in [0.05, 0.1) is 5.69 Å². The molecule has 1 aromatic heterocycles. The number of hydrogen-bond acceptors (Lipinski definition) is 2. The molecule has 0 fully saturated rings. The van der Waals surface area contributed by atoms with Gasteiger partial charge in [-0.25, -0.2) is 0 Å². The Morgan fingerprint density at radius 3 is 2.57 bits per heavy atom. The van der Waals surface area contributed by atoms with E-state index in [9.17, 15) is 0 Å². The monoisotopic (exact) mass is 305 g/mol. The predicted molar refractivity (Wildman–Crippen MR) is 88.5 cm³/mol. The van der Waals surface area contributed by atoms with Crippen molar-refractivity contribution in [1.82, 2.24) is 15.1 Å². The molecule has 1 heterocycles. The molecule has 0 bridgehead atoms. The second-order valence-corrected chi connectivity index (χ2v) is 5.84. The molecule has 1 aromatic carbocycles. The molecule has 3 nitrogen and oxygen atoms in total. The number of halogens is 1. The molecule has 0 aliphatic heterocycles. The summed E-state index contributed by atoms with van der Waals surface area (Å²) in [5.74, 6) is 0. The molecule has 21 heavy (non-hydrogen) atoms. The molecule has 4 heteroatoms. The maximum absolute atomic E-state index is 5.98. The van der Waals surface area contributed by atoms with Crippen LogP contribution in [0.3, 0.4) is 0 Å². The number of nitrogens with zero attached hydrogens (tertiary/aromatic N) is 2. The number of nitrogens with one attached hydrogen (secondary N) is 1. The standard InChI is InChI=1S/C17H24ClN3/c1-4-6-17(13-7-9-15(18)10-8-13)19-11-14-12-21(3)20-16(14)5-2/h7-10,12,17,19H,4-6,11H2,1-3H3. The summed E-state index contributed by atoms with van der Waals surface area (Å²) in [6.45, 7) is 5.21. The van der Waals surface area contributed by atoms with Gasteiger partial charge in [-0.3, -0.25) is 4.68 Å². The lowest BCUT2D eigenvalue weighted by Crippen LogP contribution is -2.21. The van der Waals surface area contributed by atoms with Gasteiger partial charge in [-0.2, -0.15) is 5.10 Å². The summed E-state index contributed by atoms with van der Waals surface area (Å²) in [5.41, 5.74) is 3.76. The summed E-state index contributed by atoms with van der Waals surface area (Å²) >= 11 is 5.98. The minimum Gasteiger partial charge on any atom is -0.306 e. The minimum absolute atomic E-state index is 0.358. The van der Waals surface area contributed by atoms with Crippen LogP contribution in [0.25, 0.3) is 0 Å². The Morgan fingerprint density at radius 1 is 1.24 bits per heavy atom. The average Bonchev–Trinajstić information content (AvgIpc) is 2.84. The Bertz CT molecular complexity index is 560. The second kappa shape index (κ2) is 7.62. The topological polar surface area (TPSA) is 29.9 Å². The van der Waals surface area contributed by atoms with Crippen LogP contribution in [0.1, 0.15) is 49.6 Å². The molecule has 0 radical (unpaired) electrons. The van der Waals surface area contributed by atoms with Crippen molar-refractivity contribution in [2.75, 3.05) is 0 Å². The van der Waals surface area contributed by atoms with Crippen molar-refractivity contribution in [2.45, 2.75) is 45.7 Å². The number of hydrogen-bond donors (Lipinski definition) is 1. The van der Waals surface area contributed by atoms with Gasteiger partial charge in [-0.15, -0.1) is 0 Å². The Labute approximate surface area is 132 Å². The summed E-state index contributed by atoms with van der Waals surface area (Å²) in [6, 6.07) is 8.50. The van der Waals surface area contributed by atoms with E-state index in [-0.39, 0.29) is 0 Å². The Kier molecular flexibility index (Phi) is 5.83. The number of rotatable bonds is 7. The van der Waals surface area contributed by atoms with Crippen LogP contribution in [0.2, 0.25) is 5.02 Å². The van der Waals surface area contributed by atoms with E-state index in [0.717, 1.165) is 30.8 Å². The quantitative estimate of drug-likeness (QED) is 0.828. The summed E-state index contributed by atoms with van der Waals surface area (Å²) in [6.07, 6.45) is 5.34. The van der Waals surface area contributed by atoms with Gasteiger partial charge in [0.2, 0.25) is 0 Å². The highest BCUT2D eigenvalue weighted by Crippen LogP contribution is 2.21. The van der Waals surface area contributed by atoms with Crippen molar-refractivity contribution in [2.24, 2.45) is 7.05 Å². The molecular formula is C17H24ClN3. The first-order valence-electron chi connectivity index (χ1n) is 7.64. The minimum atomic E-state index is 0.358. The van der Waals surface area contributed by atoms with Crippen molar-refractivity contribution in [1.29, 1.82) is 0 Å². The Hall–Kier alpha value is -1.32. The van der Waals surface area contributed by atoms with Crippen molar-refractivity contribution in [3.63, 3.8) is 0 Å². The maximum atomic E-state index is 5.98. The molecule has 2 aromatic rings. The molecule has 114 valence electrons. The molecule has 2 rings (SSSR count). The van der Waals surface area contributed by atoms with E-state index in [4.69, 9.17) is 11.6 Å². The summed E-state index contributed by atoms with van der Waals surface area (Å²) < 4.78 is 1.90. The maximum Gasteiger partial charge on any atom is 0.0666 e. The second-order valence-electron chi connectivity index (χ2n) is 5.40. The molecule has 0 spiro atoms. The van der Waals surface area contributed by atoms with Crippen molar-refractivity contribution in [3.8, 4) is 0 Å². The molecule has 0 saturated carbocycles. The molecule has 0 aliphatic carbocycles. The average molecular weight is 306 g/mol. The third-order valence-corrected chi connectivity index (χ3v) is 3.97. The van der Waals surface area contributed by atoms with Crippen LogP contribution < -0.4 is 5.32 Å². The Balaban J connectivity index is 2.07. The van der Waals surface area contributed by atoms with Gasteiger partial charge in [0.1, 0.15) is 0 Å². The van der Waals surface area contributed by atoms with Crippen LogP contribution in [0.5, 0.6) is 0 Å². The van der Waals surface area contributed by atoms with Crippen LogP contribution in [0.4, 0.5) is 0 Å². The van der Waals surface area contributed by atoms with E-state index in [2.05, 4.69) is 42.6 Å². The molecule has 0 saturated heterocycles.